The van der Waals surface area contributed by atoms with Crippen LogP contribution in [0.3, 0.4) is 0 Å². The van der Waals surface area contributed by atoms with Gasteiger partial charge in [-0.25, -0.2) is 4.79 Å². The van der Waals surface area contributed by atoms with Crippen LogP contribution in [0.15, 0.2) is 12.1 Å². The summed E-state index contributed by atoms with van der Waals surface area (Å²) >= 11 is 0. The first-order chi connectivity index (χ1) is 14.3. The summed E-state index contributed by atoms with van der Waals surface area (Å²) in [7, 11) is 0. The molecule has 3 N–H and O–H groups in total. The van der Waals surface area contributed by atoms with Gasteiger partial charge in [0.05, 0.1) is 23.2 Å². The minimum atomic E-state index is -0.460. The van der Waals surface area contributed by atoms with Crippen molar-refractivity contribution >= 4 is 28.5 Å². The standard InChI is InChI=1S/C22H33N5O3/c1-22(2,3)30-21(28)27-10-6-15(7-11-27)14-29-16-12-17-19(20(23)25-24-17)18(13-16)26-8-4-5-9-26/h12-13,15H,4-11,14H2,1-3H3,(H3,23,24,25). The average molecular weight is 416 g/mol. The first-order valence-electron chi connectivity index (χ1n) is 10.9. The number of fused-ring (bicyclic) bond motifs is 1. The number of aromatic nitrogens is 2. The number of nitrogens with zero attached hydrogens (tertiary/aromatic N) is 3. The van der Waals surface area contributed by atoms with Gasteiger partial charge < -0.3 is 25.0 Å². The molecular weight excluding hydrogens is 382 g/mol. The summed E-state index contributed by atoms with van der Waals surface area (Å²) in [6.45, 7) is 9.80. The highest BCUT2D eigenvalue weighted by Crippen LogP contribution is 2.36. The number of piperidine rings is 1. The second kappa shape index (κ2) is 8.24. The van der Waals surface area contributed by atoms with Crippen LogP contribution in [-0.2, 0) is 4.74 Å². The molecule has 164 valence electrons. The van der Waals surface area contributed by atoms with Gasteiger partial charge in [-0.1, -0.05) is 0 Å². The van der Waals surface area contributed by atoms with Gasteiger partial charge in [0.25, 0.3) is 0 Å². The number of carbonyl (C=O) groups is 1. The Morgan fingerprint density at radius 1 is 1.20 bits per heavy atom. The fourth-order valence-corrected chi connectivity index (χ4v) is 4.25. The molecule has 1 aromatic heterocycles. The summed E-state index contributed by atoms with van der Waals surface area (Å²) in [6.07, 6.45) is 4.00. The van der Waals surface area contributed by atoms with Crippen LogP contribution in [0.1, 0.15) is 46.5 Å². The number of H-pyrrole nitrogens is 1. The van der Waals surface area contributed by atoms with Gasteiger partial charge in [-0.05, 0) is 52.4 Å². The number of aromatic amines is 1. The van der Waals surface area contributed by atoms with E-state index < -0.39 is 5.60 Å². The molecule has 1 aromatic carbocycles. The third-order valence-corrected chi connectivity index (χ3v) is 5.84. The number of nitrogens with one attached hydrogen (secondary N) is 1. The summed E-state index contributed by atoms with van der Waals surface area (Å²) in [5, 5.41) is 8.20. The Labute approximate surface area is 177 Å². The third-order valence-electron chi connectivity index (χ3n) is 5.84. The maximum Gasteiger partial charge on any atom is 0.410 e. The first-order valence-corrected chi connectivity index (χ1v) is 10.9. The molecule has 2 aromatic rings. The molecule has 2 saturated heterocycles. The van der Waals surface area contributed by atoms with Gasteiger partial charge in [0.1, 0.15) is 11.4 Å². The first kappa shape index (κ1) is 20.6. The summed E-state index contributed by atoms with van der Waals surface area (Å²) in [5.41, 5.74) is 7.66. The van der Waals surface area contributed by atoms with Gasteiger partial charge in [-0.2, -0.15) is 5.10 Å². The summed E-state index contributed by atoms with van der Waals surface area (Å²) in [5.74, 6) is 1.79. The van der Waals surface area contributed by atoms with E-state index in [-0.39, 0.29) is 6.09 Å². The van der Waals surface area contributed by atoms with E-state index in [1.165, 1.54) is 12.8 Å². The fourth-order valence-electron chi connectivity index (χ4n) is 4.25. The predicted molar refractivity (Wildman–Crippen MR) is 118 cm³/mol. The number of nitrogen functional groups attached to an aromatic ring is 1. The van der Waals surface area contributed by atoms with Crippen LogP contribution in [0, 0.1) is 5.92 Å². The van der Waals surface area contributed by atoms with Crippen LogP contribution in [-0.4, -0.2) is 59.6 Å². The molecule has 0 atom stereocenters. The molecule has 0 saturated carbocycles. The van der Waals surface area contributed by atoms with Crippen LogP contribution in [0.25, 0.3) is 10.9 Å². The van der Waals surface area contributed by atoms with Crippen molar-refractivity contribution in [1.29, 1.82) is 0 Å². The van der Waals surface area contributed by atoms with Gasteiger partial charge in [-0.15, -0.1) is 0 Å². The van der Waals surface area contributed by atoms with Gasteiger partial charge in [0.15, 0.2) is 5.82 Å². The molecule has 3 heterocycles. The summed E-state index contributed by atoms with van der Waals surface area (Å²) < 4.78 is 11.7. The van der Waals surface area contributed by atoms with E-state index in [2.05, 4.69) is 21.2 Å². The Bertz CT molecular complexity index is 890. The number of rotatable bonds is 4. The molecule has 0 bridgehead atoms. The number of nitrogens with two attached hydrogens (primary N) is 1. The van der Waals surface area contributed by atoms with E-state index in [0.29, 0.717) is 31.4 Å². The highest BCUT2D eigenvalue weighted by molar-refractivity contribution is 6.00. The number of hydrogen-bond donors (Lipinski definition) is 2. The lowest BCUT2D eigenvalue weighted by molar-refractivity contribution is 0.0165. The fraction of sp³-hybridized carbons (Fsp3) is 0.636. The van der Waals surface area contributed by atoms with Gasteiger partial charge in [0.2, 0.25) is 0 Å². The molecule has 8 nitrogen and oxygen atoms in total. The SMILES string of the molecule is CC(C)(C)OC(=O)N1CCC(COc2cc(N3CCCC3)c3c(N)n[nH]c3c2)CC1. The molecule has 0 unspecified atom stereocenters. The zero-order chi connectivity index (χ0) is 21.3. The van der Waals surface area contributed by atoms with Crippen molar-refractivity contribution < 1.29 is 14.3 Å². The smallest absolute Gasteiger partial charge is 0.410 e. The second-order valence-corrected chi connectivity index (χ2v) is 9.39. The minimum absolute atomic E-state index is 0.223. The molecule has 8 heteroatoms. The molecule has 4 rings (SSSR count). The van der Waals surface area contributed by atoms with Crippen molar-refractivity contribution in [3.8, 4) is 5.75 Å². The van der Waals surface area contributed by atoms with Crippen LogP contribution in [0.2, 0.25) is 0 Å². The zero-order valence-corrected chi connectivity index (χ0v) is 18.2. The van der Waals surface area contributed by atoms with Gasteiger partial charge in [0, 0.05) is 38.3 Å². The lowest BCUT2D eigenvalue weighted by Gasteiger charge is -2.33. The van der Waals surface area contributed by atoms with E-state index in [1.807, 2.05) is 26.8 Å². The highest BCUT2D eigenvalue weighted by Gasteiger charge is 2.27. The molecule has 2 aliphatic rings. The molecule has 0 aliphatic carbocycles. The molecular formula is C22H33N5O3. The minimum Gasteiger partial charge on any atom is -0.493 e. The van der Waals surface area contributed by atoms with Crippen molar-refractivity contribution in [2.45, 2.75) is 52.1 Å². The quantitative estimate of drug-likeness (QED) is 0.789. The Balaban J connectivity index is 1.37. The third kappa shape index (κ3) is 4.57. The van der Waals surface area contributed by atoms with Crippen LogP contribution in [0.4, 0.5) is 16.3 Å². The largest absolute Gasteiger partial charge is 0.493 e. The van der Waals surface area contributed by atoms with Crippen molar-refractivity contribution in [3.63, 3.8) is 0 Å². The van der Waals surface area contributed by atoms with Crippen molar-refractivity contribution in [2.24, 2.45) is 5.92 Å². The van der Waals surface area contributed by atoms with E-state index in [1.54, 1.807) is 4.90 Å². The molecule has 2 aliphatic heterocycles. The Hall–Kier alpha value is -2.64. The molecule has 30 heavy (non-hydrogen) atoms. The monoisotopic (exact) mass is 415 g/mol. The lowest BCUT2D eigenvalue weighted by Crippen LogP contribution is -2.42. The van der Waals surface area contributed by atoms with Crippen molar-refractivity contribution in [1.82, 2.24) is 15.1 Å². The van der Waals surface area contributed by atoms with E-state index in [9.17, 15) is 4.79 Å². The van der Waals surface area contributed by atoms with Crippen LogP contribution < -0.4 is 15.4 Å². The Kier molecular flexibility index (Phi) is 5.66. The summed E-state index contributed by atoms with van der Waals surface area (Å²) in [4.78, 5) is 16.4. The normalized spacial score (nSPS) is 18.2. The maximum atomic E-state index is 12.2. The number of carbonyl (C=O) groups excluding carboxylic acids is 1. The Morgan fingerprint density at radius 3 is 2.57 bits per heavy atom. The highest BCUT2D eigenvalue weighted by atomic mass is 16.6. The number of likely N-dealkylation sites (tertiary alicyclic amines) is 1. The molecule has 1 amide bonds. The van der Waals surface area contributed by atoms with Crippen LogP contribution >= 0.6 is 0 Å². The van der Waals surface area contributed by atoms with E-state index in [4.69, 9.17) is 15.2 Å². The summed E-state index contributed by atoms with van der Waals surface area (Å²) in [6, 6.07) is 4.07. The molecule has 2 fully saturated rings. The number of amides is 1. The Morgan fingerprint density at radius 2 is 1.90 bits per heavy atom. The zero-order valence-electron chi connectivity index (χ0n) is 18.2. The van der Waals surface area contributed by atoms with Crippen LogP contribution in [0.5, 0.6) is 5.75 Å². The second-order valence-electron chi connectivity index (χ2n) is 9.39. The topological polar surface area (TPSA) is 96.7 Å². The van der Waals surface area contributed by atoms with Crippen molar-refractivity contribution in [3.05, 3.63) is 12.1 Å². The number of anilines is 2. The number of ether oxygens (including phenoxy) is 2. The number of benzene rings is 1. The molecule has 0 spiro atoms. The number of hydrogen-bond acceptors (Lipinski definition) is 6. The molecule has 0 radical (unpaired) electrons. The van der Waals surface area contributed by atoms with Gasteiger partial charge in [-0.3, -0.25) is 5.10 Å². The van der Waals surface area contributed by atoms with E-state index >= 15 is 0 Å². The lowest BCUT2D eigenvalue weighted by atomic mass is 9.98. The average Bonchev–Trinajstić information content (AvgIpc) is 3.35. The van der Waals surface area contributed by atoms with Gasteiger partial charge >= 0.3 is 6.09 Å². The van der Waals surface area contributed by atoms with Crippen molar-refractivity contribution in [2.75, 3.05) is 43.4 Å². The predicted octanol–water partition coefficient (Wildman–Crippen LogP) is 3.77. The van der Waals surface area contributed by atoms with E-state index in [0.717, 1.165) is 48.3 Å². The maximum absolute atomic E-state index is 12.2.